The highest BCUT2D eigenvalue weighted by Gasteiger charge is 2.69. The van der Waals surface area contributed by atoms with Crippen LogP contribution in [0.3, 0.4) is 0 Å². The normalized spacial score (nSPS) is 31.4. The lowest BCUT2D eigenvalue weighted by Crippen LogP contribution is -2.70. The van der Waals surface area contributed by atoms with E-state index in [0.29, 0.717) is 17.9 Å². The first-order chi connectivity index (χ1) is 31.8. The van der Waals surface area contributed by atoms with E-state index in [4.69, 9.17) is 37.8 Å². The van der Waals surface area contributed by atoms with Crippen molar-refractivity contribution >= 4 is 25.5 Å². The second-order valence-corrected chi connectivity index (χ2v) is 20.2. The van der Waals surface area contributed by atoms with Crippen molar-refractivity contribution in [3.05, 3.63) is 120 Å². The third-order valence-corrected chi connectivity index (χ3v) is 15.7. The zero-order chi connectivity index (χ0) is 46.5. The predicted octanol–water partition coefficient (Wildman–Crippen LogP) is 8.36. The number of ether oxygens (including phenoxy) is 4. The van der Waals surface area contributed by atoms with Crippen LogP contribution in [0.2, 0.25) is 0 Å². The molecular formula is C50H64N3O12P. The molecule has 5 aliphatic heterocycles. The number of nitrogens with zero attached hydrogens (tertiary/aromatic N) is 1. The first kappa shape index (κ1) is 48.0. The van der Waals surface area contributed by atoms with Gasteiger partial charge in [0.1, 0.15) is 18.7 Å². The van der Waals surface area contributed by atoms with E-state index < -0.39 is 73.7 Å². The molecule has 6 aliphatic rings. The van der Waals surface area contributed by atoms with E-state index in [1.165, 1.54) is 10.7 Å². The minimum Gasteiger partial charge on any atom is -0.445 e. The fourth-order valence-corrected chi connectivity index (χ4v) is 11.9. The Balaban J connectivity index is 1.04. The summed E-state index contributed by atoms with van der Waals surface area (Å²) in [7, 11) is -3.63. The Kier molecular flexibility index (Phi) is 15.2. The molecular weight excluding hydrogens is 866 g/mol. The number of nitrogens with one attached hydrogen (secondary N) is 2. The highest BCUT2D eigenvalue weighted by molar-refractivity contribution is 7.57. The average molecular weight is 930 g/mol. The molecule has 356 valence electrons. The van der Waals surface area contributed by atoms with Crippen LogP contribution in [0.4, 0.5) is 4.79 Å². The van der Waals surface area contributed by atoms with Crippen LogP contribution < -0.4 is 10.6 Å². The summed E-state index contributed by atoms with van der Waals surface area (Å²) < 4.78 is 50.4. The fourth-order valence-electron chi connectivity index (χ4n) is 10.5. The van der Waals surface area contributed by atoms with Gasteiger partial charge < -0.3 is 38.6 Å². The Morgan fingerprint density at radius 2 is 1.53 bits per heavy atom. The zero-order valence-electron chi connectivity index (χ0n) is 38.5. The Bertz CT molecular complexity index is 2190. The van der Waals surface area contributed by atoms with Gasteiger partial charge in [0.2, 0.25) is 17.6 Å². The lowest BCUT2D eigenvalue weighted by atomic mass is 9.58. The quantitative estimate of drug-likeness (QED) is 0.0982. The minimum absolute atomic E-state index is 0.00499. The van der Waals surface area contributed by atoms with Crippen molar-refractivity contribution in [3.8, 4) is 0 Å². The van der Waals surface area contributed by atoms with Gasteiger partial charge in [-0.05, 0) is 74.6 Å². The Hall–Kier alpha value is -4.44. The molecule has 6 fully saturated rings. The first-order valence-corrected chi connectivity index (χ1v) is 25.1. The molecule has 9 rings (SSSR count). The van der Waals surface area contributed by atoms with Crippen molar-refractivity contribution in [2.75, 3.05) is 19.8 Å². The van der Waals surface area contributed by atoms with E-state index in [2.05, 4.69) is 24.5 Å². The van der Waals surface area contributed by atoms with E-state index in [0.717, 1.165) is 30.4 Å². The number of likely N-dealkylation sites (tertiary alicyclic amines) is 1. The van der Waals surface area contributed by atoms with Gasteiger partial charge in [-0.3, -0.25) is 19.1 Å². The first-order valence-electron chi connectivity index (χ1n) is 23.4. The van der Waals surface area contributed by atoms with E-state index >= 15 is 0 Å². The van der Waals surface area contributed by atoms with Gasteiger partial charge in [0.15, 0.2) is 18.2 Å². The van der Waals surface area contributed by atoms with Crippen molar-refractivity contribution in [2.45, 2.75) is 128 Å². The predicted molar refractivity (Wildman–Crippen MR) is 243 cm³/mol. The number of hydrogen-bond acceptors (Lipinski definition) is 12. The maximum absolute atomic E-state index is 14.8. The van der Waals surface area contributed by atoms with Gasteiger partial charge in [-0.25, -0.2) is 14.6 Å². The monoisotopic (exact) mass is 929 g/mol. The van der Waals surface area contributed by atoms with Crippen LogP contribution in [0.25, 0.3) is 0 Å². The van der Waals surface area contributed by atoms with Crippen molar-refractivity contribution in [3.63, 3.8) is 0 Å². The minimum atomic E-state index is -3.63. The second kappa shape index (κ2) is 20.8. The number of fused-ring (bicyclic) bond motifs is 2. The van der Waals surface area contributed by atoms with Crippen molar-refractivity contribution in [1.29, 1.82) is 0 Å². The summed E-state index contributed by atoms with van der Waals surface area (Å²) in [4.78, 5) is 57.1. The smallest absolute Gasteiger partial charge is 0.410 e. The summed E-state index contributed by atoms with van der Waals surface area (Å²) >= 11 is 0. The maximum atomic E-state index is 14.8. The number of hydrogen-bond donors (Lipinski definition) is 2. The molecule has 5 saturated heterocycles. The summed E-state index contributed by atoms with van der Waals surface area (Å²) in [5.74, 6) is -0.230. The molecule has 3 amide bonds. The largest absolute Gasteiger partial charge is 0.445 e. The molecule has 12 atom stereocenters. The number of amides is 3. The Morgan fingerprint density at radius 1 is 0.864 bits per heavy atom. The Labute approximate surface area is 387 Å². The molecule has 0 aromatic heterocycles. The van der Waals surface area contributed by atoms with Gasteiger partial charge in [0.25, 0.3) is 0 Å². The average Bonchev–Trinajstić information content (AvgIpc) is 3.61. The van der Waals surface area contributed by atoms with Crippen molar-refractivity contribution < 1.29 is 56.7 Å². The van der Waals surface area contributed by atoms with Gasteiger partial charge in [-0.2, -0.15) is 0 Å². The zero-order valence-corrected chi connectivity index (χ0v) is 39.3. The van der Waals surface area contributed by atoms with E-state index in [-0.39, 0.29) is 57.0 Å². The summed E-state index contributed by atoms with van der Waals surface area (Å²) in [6.45, 7) is 10.0. The molecule has 66 heavy (non-hydrogen) atoms. The molecule has 5 heterocycles. The van der Waals surface area contributed by atoms with Crippen LogP contribution in [0.5, 0.6) is 0 Å². The SMILES string of the molecule is CCOP(=O)(/C=C/C(NC(=O)[C@H](Cc1ccccc1)NC(=O)[C@@H]1C[C@@H](O[C@H]2O[C@@H]3O[C@@]4(C)CC[C@H]5[C@H](C)CC[C@@H]([C@H]2C)[C@@]35OO4)CN1C(=O)OCc1ccccc1)c1ccccc1)OCC. The standard InChI is InChI=1S/C50H64N3O12P/c1-6-59-66(57,60-7-2)28-26-41(37-21-15-10-16-22-37)51-44(54)42(29-35-17-11-8-12-18-35)52-45(55)43-30-38(31-53(43)48(56)58-32-36-19-13-9-14-20-36)61-46-34(4)40-24-23-33(3)39-25-27-49(5)63-47(62-46)50(39,40)65-64-49/h8-22,26,28,33-34,38-43,46-47H,6-7,23-25,27,29-32H2,1-5H3,(H,51,54)(H,52,55)/b28-26+/t33-,34-,38-,39+,40+,41?,42+,43+,46+,47-,49-,50-/m1/s1. The second-order valence-electron chi connectivity index (χ2n) is 18.3. The van der Waals surface area contributed by atoms with E-state index in [9.17, 15) is 18.9 Å². The molecule has 1 aliphatic carbocycles. The van der Waals surface area contributed by atoms with Gasteiger partial charge >= 0.3 is 13.7 Å². The Morgan fingerprint density at radius 3 is 2.21 bits per heavy atom. The van der Waals surface area contributed by atoms with Crippen molar-refractivity contribution in [2.24, 2.45) is 23.7 Å². The molecule has 3 aromatic rings. The van der Waals surface area contributed by atoms with Crippen LogP contribution in [-0.4, -0.2) is 84.7 Å². The molecule has 15 nitrogen and oxygen atoms in total. The van der Waals surface area contributed by atoms with E-state index in [1.807, 2.05) is 97.9 Å². The fraction of sp³-hybridized carbons (Fsp3) is 0.540. The highest BCUT2D eigenvalue weighted by Crippen LogP contribution is 2.61. The van der Waals surface area contributed by atoms with Crippen LogP contribution in [0.1, 0.15) is 89.5 Å². The summed E-state index contributed by atoms with van der Waals surface area (Å²) in [5, 5.41) is 6.06. The lowest BCUT2D eigenvalue weighted by Gasteiger charge is -2.60. The van der Waals surface area contributed by atoms with Crippen LogP contribution in [0, 0.1) is 23.7 Å². The number of rotatable bonds is 17. The van der Waals surface area contributed by atoms with Gasteiger partial charge in [-0.1, -0.05) is 105 Å². The van der Waals surface area contributed by atoms with Gasteiger partial charge in [0.05, 0.1) is 31.9 Å². The molecule has 3 aromatic carbocycles. The molecule has 2 N–H and O–H groups in total. The number of carbonyl (C=O) groups is 3. The molecule has 0 radical (unpaired) electrons. The lowest BCUT2D eigenvalue weighted by molar-refractivity contribution is -0.578. The summed E-state index contributed by atoms with van der Waals surface area (Å²) in [5.41, 5.74) is 1.50. The molecule has 2 bridgehead atoms. The third-order valence-electron chi connectivity index (χ3n) is 13.9. The number of carbonyl (C=O) groups excluding carboxylic acids is 3. The van der Waals surface area contributed by atoms with Crippen LogP contribution >= 0.6 is 7.60 Å². The molecule has 1 saturated carbocycles. The van der Waals surface area contributed by atoms with Gasteiger partial charge in [-0.15, -0.1) is 0 Å². The summed E-state index contributed by atoms with van der Waals surface area (Å²) in [6, 6.07) is 24.9. The molecule has 16 heteroatoms. The third kappa shape index (κ3) is 10.5. The number of benzene rings is 3. The van der Waals surface area contributed by atoms with Gasteiger partial charge in [0, 0.05) is 36.9 Å². The molecule has 1 spiro atoms. The van der Waals surface area contributed by atoms with Crippen molar-refractivity contribution in [1.82, 2.24) is 15.5 Å². The van der Waals surface area contributed by atoms with Crippen LogP contribution in [0.15, 0.2) is 103 Å². The highest BCUT2D eigenvalue weighted by atomic mass is 31.2. The van der Waals surface area contributed by atoms with E-state index in [1.54, 1.807) is 19.9 Å². The summed E-state index contributed by atoms with van der Waals surface area (Å²) in [6.07, 6.45) is 2.48. The maximum Gasteiger partial charge on any atom is 0.410 e. The topological polar surface area (TPSA) is 169 Å². The van der Waals surface area contributed by atoms with Crippen LogP contribution in [-0.2, 0) is 65.0 Å². The molecule has 1 unspecified atom stereocenters.